The van der Waals surface area contributed by atoms with E-state index >= 15 is 0 Å². The van der Waals surface area contributed by atoms with Crippen molar-refractivity contribution in [3.63, 3.8) is 0 Å². The molecule has 0 spiro atoms. The van der Waals surface area contributed by atoms with Gasteiger partial charge >= 0.3 is 0 Å². The Morgan fingerprint density at radius 2 is 2.06 bits per heavy atom. The number of benzene rings is 1. The van der Waals surface area contributed by atoms with E-state index in [-0.39, 0.29) is 0 Å². The monoisotopic (exact) mass is 220 g/mol. The van der Waals surface area contributed by atoms with Gasteiger partial charge in [0.15, 0.2) is 0 Å². The van der Waals surface area contributed by atoms with Gasteiger partial charge < -0.3 is 15.4 Å². The van der Waals surface area contributed by atoms with Crippen LogP contribution in [0.5, 0.6) is 5.75 Å². The molecule has 1 aliphatic heterocycles. The van der Waals surface area contributed by atoms with Crippen LogP contribution in [-0.4, -0.2) is 26.7 Å². The first-order valence-corrected chi connectivity index (χ1v) is 5.97. The zero-order valence-electron chi connectivity index (χ0n) is 9.91. The second-order valence-electron chi connectivity index (χ2n) is 4.23. The van der Waals surface area contributed by atoms with E-state index in [4.69, 9.17) is 10.5 Å². The van der Waals surface area contributed by atoms with Crippen molar-refractivity contribution in [1.29, 1.82) is 0 Å². The van der Waals surface area contributed by atoms with Gasteiger partial charge in [0, 0.05) is 18.8 Å². The Morgan fingerprint density at radius 1 is 1.31 bits per heavy atom. The predicted molar refractivity (Wildman–Crippen MR) is 67.2 cm³/mol. The maximum atomic E-state index is 5.62. The maximum absolute atomic E-state index is 5.62. The standard InChI is InChI=1S/C13H20N2O/c1-16-13-5-4-12(10-11(13)6-7-14)15-8-2-3-9-15/h4-5,10H,2-3,6-9,14H2,1H3. The second kappa shape index (κ2) is 5.21. The second-order valence-corrected chi connectivity index (χ2v) is 4.23. The first-order chi connectivity index (χ1) is 7.85. The molecule has 3 heteroatoms. The van der Waals surface area contributed by atoms with Gasteiger partial charge in [0.1, 0.15) is 5.75 Å². The molecule has 0 aliphatic carbocycles. The molecule has 16 heavy (non-hydrogen) atoms. The maximum Gasteiger partial charge on any atom is 0.122 e. The van der Waals surface area contributed by atoms with Crippen molar-refractivity contribution < 1.29 is 4.74 Å². The highest BCUT2D eigenvalue weighted by molar-refractivity contribution is 5.53. The van der Waals surface area contributed by atoms with E-state index in [1.165, 1.54) is 37.2 Å². The van der Waals surface area contributed by atoms with Crippen molar-refractivity contribution in [1.82, 2.24) is 0 Å². The lowest BCUT2D eigenvalue weighted by atomic mass is 10.1. The molecule has 2 rings (SSSR count). The van der Waals surface area contributed by atoms with E-state index in [9.17, 15) is 0 Å². The number of nitrogens with two attached hydrogens (primary N) is 1. The topological polar surface area (TPSA) is 38.5 Å². The number of methoxy groups -OCH3 is 1. The zero-order valence-corrected chi connectivity index (χ0v) is 9.91. The summed E-state index contributed by atoms with van der Waals surface area (Å²) in [5.74, 6) is 0.952. The van der Waals surface area contributed by atoms with Gasteiger partial charge in [-0.25, -0.2) is 0 Å². The SMILES string of the molecule is COc1ccc(N2CCCC2)cc1CCN. The highest BCUT2D eigenvalue weighted by Gasteiger charge is 2.13. The van der Waals surface area contributed by atoms with Crippen molar-refractivity contribution in [2.24, 2.45) is 5.73 Å². The first kappa shape index (κ1) is 11.3. The minimum absolute atomic E-state index is 0.666. The smallest absolute Gasteiger partial charge is 0.122 e. The van der Waals surface area contributed by atoms with Crippen molar-refractivity contribution in [2.75, 3.05) is 31.6 Å². The number of rotatable bonds is 4. The summed E-state index contributed by atoms with van der Waals surface area (Å²) in [5, 5.41) is 0. The summed E-state index contributed by atoms with van der Waals surface area (Å²) in [6.07, 6.45) is 3.49. The Labute approximate surface area is 97.2 Å². The molecule has 2 N–H and O–H groups in total. The molecule has 1 aromatic rings. The van der Waals surface area contributed by atoms with Gasteiger partial charge in [0.2, 0.25) is 0 Å². The Balaban J connectivity index is 2.23. The van der Waals surface area contributed by atoms with Crippen molar-refractivity contribution in [2.45, 2.75) is 19.3 Å². The van der Waals surface area contributed by atoms with Crippen LogP contribution in [0.1, 0.15) is 18.4 Å². The number of nitrogens with zero attached hydrogens (tertiary/aromatic N) is 1. The Morgan fingerprint density at radius 3 is 2.69 bits per heavy atom. The summed E-state index contributed by atoms with van der Waals surface area (Å²) in [7, 11) is 1.71. The highest BCUT2D eigenvalue weighted by Crippen LogP contribution is 2.27. The largest absolute Gasteiger partial charge is 0.496 e. The van der Waals surface area contributed by atoms with Gasteiger partial charge in [-0.05, 0) is 49.6 Å². The van der Waals surface area contributed by atoms with Gasteiger partial charge in [-0.3, -0.25) is 0 Å². The minimum atomic E-state index is 0.666. The van der Waals surface area contributed by atoms with E-state index < -0.39 is 0 Å². The van der Waals surface area contributed by atoms with E-state index in [1.54, 1.807) is 7.11 Å². The number of ether oxygens (including phenoxy) is 1. The lowest BCUT2D eigenvalue weighted by Gasteiger charge is -2.19. The van der Waals surface area contributed by atoms with Gasteiger partial charge in [0.05, 0.1) is 7.11 Å². The van der Waals surface area contributed by atoms with E-state index in [2.05, 4.69) is 23.1 Å². The third-order valence-electron chi connectivity index (χ3n) is 3.15. The van der Waals surface area contributed by atoms with Gasteiger partial charge in [0.25, 0.3) is 0 Å². The molecular formula is C13H20N2O. The van der Waals surface area contributed by atoms with Crippen LogP contribution in [0.3, 0.4) is 0 Å². The quantitative estimate of drug-likeness (QED) is 0.841. The van der Waals surface area contributed by atoms with Crippen LogP contribution in [-0.2, 0) is 6.42 Å². The van der Waals surface area contributed by atoms with Crippen LogP contribution >= 0.6 is 0 Å². The predicted octanol–water partition coefficient (Wildman–Crippen LogP) is 1.80. The molecule has 1 fully saturated rings. The number of hydrogen-bond acceptors (Lipinski definition) is 3. The molecule has 0 atom stereocenters. The van der Waals surface area contributed by atoms with Gasteiger partial charge in [-0.1, -0.05) is 0 Å². The molecule has 0 saturated carbocycles. The molecule has 0 radical (unpaired) electrons. The van der Waals surface area contributed by atoms with Crippen molar-refractivity contribution in [3.05, 3.63) is 23.8 Å². The lowest BCUT2D eigenvalue weighted by Crippen LogP contribution is -2.18. The molecule has 0 aromatic heterocycles. The minimum Gasteiger partial charge on any atom is -0.496 e. The zero-order chi connectivity index (χ0) is 11.4. The van der Waals surface area contributed by atoms with E-state index in [0.717, 1.165) is 12.2 Å². The average Bonchev–Trinajstić information content (AvgIpc) is 2.83. The average molecular weight is 220 g/mol. The van der Waals surface area contributed by atoms with E-state index in [0.29, 0.717) is 6.54 Å². The third kappa shape index (κ3) is 2.30. The van der Waals surface area contributed by atoms with Gasteiger partial charge in [-0.2, -0.15) is 0 Å². The molecular weight excluding hydrogens is 200 g/mol. The fourth-order valence-electron chi connectivity index (χ4n) is 2.29. The first-order valence-electron chi connectivity index (χ1n) is 5.97. The summed E-state index contributed by atoms with van der Waals surface area (Å²) in [6.45, 7) is 3.02. The fourth-order valence-corrected chi connectivity index (χ4v) is 2.29. The molecule has 0 unspecified atom stereocenters. The fraction of sp³-hybridized carbons (Fsp3) is 0.538. The third-order valence-corrected chi connectivity index (χ3v) is 3.15. The van der Waals surface area contributed by atoms with Crippen LogP contribution in [0, 0.1) is 0 Å². The van der Waals surface area contributed by atoms with Crippen LogP contribution < -0.4 is 15.4 Å². The van der Waals surface area contributed by atoms with Crippen LogP contribution in [0.15, 0.2) is 18.2 Å². The molecule has 1 aromatic carbocycles. The molecule has 1 heterocycles. The molecule has 3 nitrogen and oxygen atoms in total. The van der Waals surface area contributed by atoms with E-state index in [1.807, 2.05) is 0 Å². The Bertz CT molecular complexity index is 346. The molecule has 0 bridgehead atoms. The van der Waals surface area contributed by atoms with Crippen molar-refractivity contribution >= 4 is 5.69 Å². The number of anilines is 1. The van der Waals surface area contributed by atoms with Crippen LogP contribution in [0.2, 0.25) is 0 Å². The highest BCUT2D eigenvalue weighted by atomic mass is 16.5. The summed E-state index contributed by atoms with van der Waals surface area (Å²) >= 11 is 0. The van der Waals surface area contributed by atoms with Crippen LogP contribution in [0.4, 0.5) is 5.69 Å². The molecule has 1 saturated heterocycles. The summed E-state index contributed by atoms with van der Waals surface area (Å²) in [6, 6.07) is 6.42. The normalized spacial score (nSPS) is 15.5. The summed E-state index contributed by atoms with van der Waals surface area (Å²) in [5.41, 5.74) is 8.14. The summed E-state index contributed by atoms with van der Waals surface area (Å²) < 4.78 is 5.34. The van der Waals surface area contributed by atoms with Gasteiger partial charge in [-0.15, -0.1) is 0 Å². The number of hydrogen-bond donors (Lipinski definition) is 1. The molecule has 1 aliphatic rings. The molecule has 88 valence electrons. The lowest BCUT2D eigenvalue weighted by molar-refractivity contribution is 0.410. The Kier molecular flexibility index (Phi) is 3.67. The van der Waals surface area contributed by atoms with Crippen LogP contribution in [0.25, 0.3) is 0 Å². The Hall–Kier alpha value is -1.22. The van der Waals surface area contributed by atoms with Crippen molar-refractivity contribution in [3.8, 4) is 5.75 Å². The summed E-state index contributed by atoms with van der Waals surface area (Å²) in [4.78, 5) is 2.43. The molecule has 0 amide bonds.